The van der Waals surface area contributed by atoms with Gasteiger partial charge in [-0.3, -0.25) is 4.79 Å². The van der Waals surface area contributed by atoms with Gasteiger partial charge in [-0.1, -0.05) is 49.4 Å². The molecule has 0 bridgehead atoms. The third kappa shape index (κ3) is 4.71. The van der Waals surface area contributed by atoms with E-state index in [9.17, 15) is 4.79 Å². The number of rotatable bonds is 7. The number of alkyl halides is 1. The van der Waals surface area contributed by atoms with Crippen LogP contribution in [-0.2, 0) is 10.2 Å². The molecule has 2 aromatic carbocycles. The highest BCUT2D eigenvalue weighted by Crippen LogP contribution is 2.52. The van der Waals surface area contributed by atoms with Gasteiger partial charge >= 0.3 is 0 Å². The highest BCUT2D eigenvalue weighted by molar-refractivity contribution is 7.14. The molecule has 1 heterocycles. The van der Waals surface area contributed by atoms with E-state index in [-0.39, 0.29) is 17.2 Å². The first-order valence-electron chi connectivity index (χ1n) is 10.6. The van der Waals surface area contributed by atoms with Crippen LogP contribution >= 0.6 is 22.9 Å². The summed E-state index contributed by atoms with van der Waals surface area (Å²) in [6, 6.07) is 18.6. The number of hydrazone groups is 1. The standard InChI is InChI=1S/C25H27ClN4OS/c1-25(20-7-5-4-6-8-20)13-19(14-25)22-17-32-24(28-22)30(23(31)15-26)27-16-18-9-11-21(12-10-18)29(2)3/h4-12,16-17,19H,13-15H2,1-3H3/b27-16+. The summed E-state index contributed by atoms with van der Waals surface area (Å²) >= 11 is 7.28. The molecule has 4 rings (SSSR count). The Bertz CT molecular complexity index is 1090. The number of halogens is 1. The van der Waals surface area contributed by atoms with Gasteiger partial charge in [0, 0.05) is 31.1 Å². The Morgan fingerprint density at radius 1 is 1.19 bits per heavy atom. The van der Waals surface area contributed by atoms with Crippen LogP contribution in [0.5, 0.6) is 0 Å². The van der Waals surface area contributed by atoms with Crippen LogP contribution in [0.2, 0.25) is 0 Å². The number of carbonyl (C=O) groups is 1. The molecule has 0 atom stereocenters. The smallest absolute Gasteiger partial charge is 0.264 e. The van der Waals surface area contributed by atoms with Crippen LogP contribution in [0.1, 0.15) is 42.5 Å². The van der Waals surface area contributed by atoms with Gasteiger partial charge < -0.3 is 4.90 Å². The van der Waals surface area contributed by atoms with Crippen LogP contribution in [0.3, 0.4) is 0 Å². The fourth-order valence-electron chi connectivity index (χ4n) is 4.13. The van der Waals surface area contributed by atoms with Gasteiger partial charge in [0.15, 0.2) is 0 Å². The lowest BCUT2D eigenvalue weighted by atomic mass is 9.59. The zero-order valence-corrected chi connectivity index (χ0v) is 20.1. The first-order valence-corrected chi connectivity index (χ1v) is 12.0. The Balaban J connectivity index is 1.48. The number of thiazole rings is 1. The molecule has 0 saturated heterocycles. The normalized spacial score (nSPS) is 20.2. The maximum Gasteiger partial charge on any atom is 0.264 e. The minimum Gasteiger partial charge on any atom is -0.378 e. The molecule has 1 aliphatic carbocycles. The molecular weight excluding hydrogens is 440 g/mol. The lowest BCUT2D eigenvalue weighted by molar-refractivity contribution is -0.116. The third-order valence-corrected chi connectivity index (χ3v) is 7.12. The van der Waals surface area contributed by atoms with Gasteiger partial charge in [-0.2, -0.15) is 10.1 Å². The number of aromatic nitrogens is 1. The second-order valence-corrected chi connectivity index (χ2v) is 9.76. The second kappa shape index (κ2) is 9.43. The maximum absolute atomic E-state index is 12.5. The number of carbonyl (C=O) groups excluding carboxylic acids is 1. The van der Waals surface area contributed by atoms with Crippen molar-refractivity contribution in [1.82, 2.24) is 4.98 Å². The van der Waals surface area contributed by atoms with Crippen LogP contribution in [0.15, 0.2) is 65.1 Å². The Hall–Kier alpha value is -2.70. The Labute approximate surface area is 198 Å². The van der Waals surface area contributed by atoms with Crippen LogP contribution in [-0.4, -0.2) is 37.1 Å². The SMILES string of the molecule is CN(C)c1ccc(/C=N/N(C(=O)CCl)c2nc(C3CC(C)(c4ccccc4)C3)cs2)cc1. The summed E-state index contributed by atoms with van der Waals surface area (Å²) in [5.74, 6) is -0.0569. The number of amides is 1. The summed E-state index contributed by atoms with van der Waals surface area (Å²) in [6.07, 6.45) is 3.76. The lowest BCUT2D eigenvalue weighted by Crippen LogP contribution is -2.37. The molecule has 1 saturated carbocycles. The largest absolute Gasteiger partial charge is 0.378 e. The minimum absolute atomic E-state index is 0.151. The summed E-state index contributed by atoms with van der Waals surface area (Å²) in [6.45, 7) is 2.31. The summed E-state index contributed by atoms with van der Waals surface area (Å²) in [5, 5.41) is 8.32. The van der Waals surface area contributed by atoms with E-state index in [0.29, 0.717) is 11.0 Å². The Morgan fingerprint density at radius 2 is 1.88 bits per heavy atom. The average Bonchev–Trinajstić information content (AvgIpc) is 3.27. The predicted molar refractivity (Wildman–Crippen MR) is 134 cm³/mol. The van der Waals surface area contributed by atoms with Crippen LogP contribution in [0, 0.1) is 0 Å². The van der Waals surface area contributed by atoms with Crippen LogP contribution < -0.4 is 9.91 Å². The van der Waals surface area contributed by atoms with Crippen LogP contribution in [0.4, 0.5) is 10.8 Å². The Kier molecular flexibility index (Phi) is 6.63. The van der Waals surface area contributed by atoms with Gasteiger partial charge in [-0.25, -0.2) is 4.98 Å². The second-order valence-electron chi connectivity index (χ2n) is 8.66. The van der Waals surface area contributed by atoms with Crippen molar-refractivity contribution in [3.63, 3.8) is 0 Å². The van der Waals surface area contributed by atoms with E-state index in [1.54, 1.807) is 6.21 Å². The quantitative estimate of drug-likeness (QED) is 0.257. The predicted octanol–water partition coefficient (Wildman–Crippen LogP) is 5.65. The first kappa shape index (κ1) is 22.5. The molecule has 7 heteroatoms. The highest BCUT2D eigenvalue weighted by Gasteiger charge is 2.43. The molecule has 32 heavy (non-hydrogen) atoms. The van der Waals surface area contributed by atoms with Gasteiger partial charge in [0.1, 0.15) is 5.88 Å². The minimum atomic E-state index is -0.295. The van der Waals surface area contributed by atoms with E-state index in [1.807, 2.05) is 48.6 Å². The zero-order valence-electron chi connectivity index (χ0n) is 18.5. The van der Waals surface area contributed by atoms with Crippen LogP contribution in [0.25, 0.3) is 0 Å². The highest BCUT2D eigenvalue weighted by atomic mass is 35.5. The molecule has 0 unspecified atom stereocenters. The fraction of sp³-hybridized carbons (Fsp3) is 0.320. The van der Waals surface area contributed by atoms with Crippen molar-refractivity contribution in [1.29, 1.82) is 0 Å². The fourth-order valence-corrected chi connectivity index (χ4v) is 5.13. The molecule has 1 fully saturated rings. The molecule has 1 aliphatic rings. The lowest BCUT2D eigenvalue weighted by Gasteiger charge is -2.45. The van der Waals surface area contributed by atoms with E-state index in [0.717, 1.165) is 29.8 Å². The van der Waals surface area contributed by atoms with E-state index in [1.165, 1.54) is 21.9 Å². The number of hydrogen-bond acceptors (Lipinski definition) is 5. The number of hydrogen-bond donors (Lipinski definition) is 0. The van der Waals surface area contributed by atoms with Crippen molar-refractivity contribution < 1.29 is 4.79 Å². The summed E-state index contributed by atoms with van der Waals surface area (Å²) in [7, 11) is 3.99. The maximum atomic E-state index is 12.5. The van der Waals surface area contributed by atoms with Crippen molar-refractivity contribution in [3.05, 3.63) is 76.8 Å². The number of anilines is 2. The third-order valence-electron chi connectivity index (χ3n) is 6.06. The van der Waals surface area contributed by atoms with Crippen molar-refractivity contribution in [2.45, 2.75) is 31.1 Å². The molecule has 1 aromatic heterocycles. The Morgan fingerprint density at radius 3 is 2.50 bits per heavy atom. The summed E-state index contributed by atoms with van der Waals surface area (Å²) in [5.41, 5.74) is 4.57. The molecule has 0 spiro atoms. The molecule has 0 aliphatic heterocycles. The van der Waals surface area contributed by atoms with Gasteiger partial charge in [0.2, 0.25) is 5.13 Å². The number of nitrogens with zero attached hydrogens (tertiary/aromatic N) is 4. The van der Waals surface area contributed by atoms with E-state index in [2.05, 4.69) is 42.4 Å². The van der Waals surface area contributed by atoms with Crippen molar-refractivity contribution in [2.24, 2.45) is 5.10 Å². The van der Waals surface area contributed by atoms with E-state index >= 15 is 0 Å². The van der Waals surface area contributed by atoms with E-state index in [4.69, 9.17) is 16.6 Å². The van der Waals surface area contributed by atoms with Crippen molar-refractivity contribution in [2.75, 3.05) is 29.9 Å². The zero-order chi connectivity index (χ0) is 22.7. The van der Waals surface area contributed by atoms with Gasteiger partial charge in [-0.15, -0.1) is 22.9 Å². The monoisotopic (exact) mass is 466 g/mol. The van der Waals surface area contributed by atoms with Crippen molar-refractivity contribution >= 4 is 45.9 Å². The van der Waals surface area contributed by atoms with Crippen molar-refractivity contribution in [3.8, 4) is 0 Å². The molecule has 0 N–H and O–H groups in total. The summed E-state index contributed by atoms with van der Waals surface area (Å²) in [4.78, 5) is 19.3. The molecule has 1 amide bonds. The van der Waals surface area contributed by atoms with Gasteiger partial charge in [-0.05, 0) is 41.5 Å². The molecule has 3 aromatic rings. The average molecular weight is 467 g/mol. The molecule has 166 valence electrons. The molecule has 0 radical (unpaired) electrons. The topological polar surface area (TPSA) is 48.8 Å². The van der Waals surface area contributed by atoms with E-state index < -0.39 is 0 Å². The van der Waals surface area contributed by atoms with Gasteiger partial charge in [0.05, 0.1) is 11.9 Å². The molecular formula is C25H27ClN4OS. The molecule has 5 nitrogen and oxygen atoms in total. The van der Waals surface area contributed by atoms with Gasteiger partial charge in [0.25, 0.3) is 5.91 Å². The first-order chi connectivity index (χ1) is 15.4. The number of benzene rings is 2. The summed E-state index contributed by atoms with van der Waals surface area (Å²) < 4.78 is 0.